The van der Waals surface area contributed by atoms with Gasteiger partial charge >= 0.3 is 0 Å². The minimum atomic E-state index is 0.00896. The molecule has 5 aromatic rings. The quantitative estimate of drug-likeness (QED) is 0.383. The van der Waals surface area contributed by atoms with E-state index in [2.05, 4.69) is 35.7 Å². The summed E-state index contributed by atoms with van der Waals surface area (Å²) in [7, 11) is 1.57. The van der Waals surface area contributed by atoms with E-state index in [9.17, 15) is 4.79 Å². The van der Waals surface area contributed by atoms with Crippen molar-refractivity contribution in [2.75, 3.05) is 12.4 Å². The molecule has 5 aromatic heterocycles. The minimum Gasteiger partial charge on any atom is -0.375 e. The van der Waals surface area contributed by atoms with E-state index in [0.29, 0.717) is 39.0 Å². The number of rotatable bonds is 7. The molecule has 33 heavy (non-hydrogen) atoms. The molecule has 0 radical (unpaired) electrons. The first-order valence-corrected chi connectivity index (χ1v) is 11.0. The van der Waals surface area contributed by atoms with E-state index in [0.717, 1.165) is 18.4 Å². The number of nitrogens with zero attached hydrogens (tertiary/aromatic N) is 8. The zero-order valence-electron chi connectivity index (χ0n) is 17.4. The lowest BCUT2D eigenvalue weighted by Gasteiger charge is -2.01. The molecule has 1 amide bonds. The molecule has 1 fully saturated rings. The van der Waals surface area contributed by atoms with Crippen LogP contribution in [0.15, 0.2) is 51.4 Å². The molecule has 6 rings (SSSR count). The van der Waals surface area contributed by atoms with Crippen LogP contribution in [0.5, 0.6) is 0 Å². The van der Waals surface area contributed by atoms with Crippen LogP contribution < -0.4 is 5.32 Å². The zero-order valence-corrected chi connectivity index (χ0v) is 18.2. The Hall–Kier alpha value is -3.84. The molecule has 0 saturated heterocycles. The summed E-state index contributed by atoms with van der Waals surface area (Å²) in [4.78, 5) is 20.7. The van der Waals surface area contributed by atoms with Crippen LogP contribution in [0.25, 0.3) is 22.7 Å². The van der Waals surface area contributed by atoms with Gasteiger partial charge in [0.1, 0.15) is 11.6 Å². The van der Waals surface area contributed by atoms with E-state index in [4.69, 9.17) is 9.26 Å². The van der Waals surface area contributed by atoms with Gasteiger partial charge in [0.15, 0.2) is 17.1 Å². The highest BCUT2D eigenvalue weighted by molar-refractivity contribution is 7.99. The third-order valence-corrected chi connectivity index (χ3v) is 5.94. The number of fused-ring (bicyclic) bond motifs is 2. The first kappa shape index (κ1) is 19.8. The summed E-state index contributed by atoms with van der Waals surface area (Å²) in [5, 5.41) is 21.2. The van der Waals surface area contributed by atoms with Crippen molar-refractivity contribution in [2.45, 2.75) is 29.6 Å². The van der Waals surface area contributed by atoms with Gasteiger partial charge in [0, 0.05) is 24.8 Å². The number of pyridine rings is 1. The van der Waals surface area contributed by atoms with E-state index in [1.54, 1.807) is 17.8 Å². The molecular formula is C20H17N9O3S. The first-order valence-electron chi connectivity index (χ1n) is 10.2. The van der Waals surface area contributed by atoms with Crippen molar-refractivity contribution in [1.29, 1.82) is 0 Å². The highest BCUT2D eigenvalue weighted by Gasteiger charge is 2.30. The van der Waals surface area contributed by atoms with Gasteiger partial charge in [-0.2, -0.15) is 10.1 Å². The van der Waals surface area contributed by atoms with Crippen molar-refractivity contribution in [3.8, 4) is 11.4 Å². The predicted molar refractivity (Wildman–Crippen MR) is 115 cm³/mol. The van der Waals surface area contributed by atoms with Crippen LogP contribution in [0.4, 0.5) is 5.82 Å². The number of nitrogens with one attached hydrogen (secondary N) is 1. The molecule has 1 aliphatic carbocycles. The average molecular weight is 463 g/mol. The summed E-state index contributed by atoms with van der Waals surface area (Å²) in [6.07, 6.45) is 5.43. The summed E-state index contributed by atoms with van der Waals surface area (Å²) in [5.74, 6) is 1.46. The fourth-order valence-corrected chi connectivity index (χ4v) is 4.05. The van der Waals surface area contributed by atoms with Crippen molar-refractivity contribution in [3.63, 3.8) is 0 Å². The molecule has 166 valence electrons. The molecule has 12 nitrogen and oxygen atoms in total. The van der Waals surface area contributed by atoms with Gasteiger partial charge in [-0.1, -0.05) is 5.16 Å². The van der Waals surface area contributed by atoms with Crippen LogP contribution in [0.3, 0.4) is 0 Å². The number of hydrogen-bond acceptors (Lipinski definition) is 10. The van der Waals surface area contributed by atoms with Crippen LogP contribution in [0.2, 0.25) is 0 Å². The normalized spacial score (nSPS) is 13.7. The number of hydrogen-bond donors (Lipinski definition) is 1. The fourth-order valence-electron chi connectivity index (χ4n) is 3.27. The number of ether oxygens (including phenoxy) is 1. The Labute approximate surface area is 190 Å². The number of methoxy groups -OCH3 is 1. The molecule has 0 aromatic carbocycles. The monoisotopic (exact) mass is 463 g/mol. The smallest absolute Gasteiger partial charge is 0.252 e. The molecule has 0 spiro atoms. The van der Waals surface area contributed by atoms with Gasteiger partial charge in [-0.3, -0.25) is 9.20 Å². The number of imidazole rings is 1. The third kappa shape index (κ3) is 3.91. The van der Waals surface area contributed by atoms with E-state index in [1.165, 1.54) is 11.8 Å². The van der Waals surface area contributed by atoms with Crippen molar-refractivity contribution in [2.24, 2.45) is 5.92 Å². The van der Waals surface area contributed by atoms with E-state index in [1.807, 2.05) is 34.9 Å². The molecule has 1 aliphatic rings. The van der Waals surface area contributed by atoms with Gasteiger partial charge < -0.3 is 14.6 Å². The van der Waals surface area contributed by atoms with Gasteiger partial charge in [0.2, 0.25) is 16.9 Å². The second kappa shape index (κ2) is 7.94. The highest BCUT2D eigenvalue weighted by atomic mass is 32.2. The Balaban J connectivity index is 1.26. The van der Waals surface area contributed by atoms with Gasteiger partial charge in [0.25, 0.3) is 5.89 Å². The van der Waals surface area contributed by atoms with Gasteiger partial charge in [0.05, 0.1) is 6.20 Å². The van der Waals surface area contributed by atoms with Gasteiger partial charge in [-0.15, -0.1) is 10.2 Å². The number of carbonyl (C=O) groups is 1. The fraction of sp³-hybridized carbons (Fsp3) is 0.250. The van der Waals surface area contributed by atoms with Crippen LogP contribution in [-0.4, -0.2) is 52.4 Å². The molecule has 0 unspecified atom stereocenters. The summed E-state index contributed by atoms with van der Waals surface area (Å²) in [6.45, 7) is 0.247. The maximum atomic E-state index is 12.0. The summed E-state index contributed by atoms with van der Waals surface area (Å²) >= 11 is 1.35. The standard InChI is InChI=1S/C20H17N9O3S/c1-31-10-16-23-18(27-32-16)12-4-5-15-24-25-20(28(15)8-12)33-17-7-6-14-21-13(9-29(14)26-17)22-19(30)11-2-3-11/h4-9,11H,2-3,10H2,1H3,(H,22,30). The molecule has 0 bridgehead atoms. The maximum Gasteiger partial charge on any atom is 0.252 e. The van der Waals surface area contributed by atoms with Gasteiger partial charge in [-0.25, -0.2) is 9.50 Å². The van der Waals surface area contributed by atoms with E-state index in [-0.39, 0.29) is 18.4 Å². The Bertz CT molecular complexity index is 1490. The van der Waals surface area contributed by atoms with Crippen molar-refractivity contribution < 1.29 is 14.1 Å². The Kier molecular flexibility index (Phi) is 4.77. The van der Waals surface area contributed by atoms with Crippen LogP contribution in [0.1, 0.15) is 18.7 Å². The average Bonchev–Trinajstić information content (AvgIpc) is 3.25. The highest BCUT2D eigenvalue weighted by Crippen LogP contribution is 2.30. The van der Waals surface area contributed by atoms with Crippen LogP contribution in [0, 0.1) is 5.92 Å². The topological polar surface area (TPSA) is 138 Å². The molecule has 0 atom stereocenters. The number of carbonyl (C=O) groups excluding carboxylic acids is 1. The largest absolute Gasteiger partial charge is 0.375 e. The van der Waals surface area contributed by atoms with Crippen molar-refractivity contribution >= 4 is 34.8 Å². The predicted octanol–water partition coefficient (Wildman–Crippen LogP) is 2.47. The molecule has 1 saturated carbocycles. The summed E-state index contributed by atoms with van der Waals surface area (Å²) in [6, 6.07) is 7.38. The third-order valence-electron chi connectivity index (χ3n) is 5.06. The molecule has 5 heterocycles. The second-order valence-corrected chi connectivity index (χ2v) is 8.53. The lowest BCUT2D eigenvalue weighted by atomic mass is 10.3. The van der Waals surface area contributed by atoms with Gasteiger partial charge in [-0.05, 0) is 48.9 Å². The lowest BCUT2D eigenvalue weighted by Crippen LogP contribution is -2.13. The maximum absolute atomic E-state index is 12.0. The number of anilines is 1. The lowest BCUT2D eigenvalue weighted by molar-refractivity contribution is -0.117. The number of amides is 1. The van der Waals surface area contributed by atoms with E-state index >= 15 is 0 Å². The summed E-state index contributed by atoms with van der Waals surface area (Å²) < 4.78 is 13.7. The van der Waals surface area contributed by atoms with Crippen LogP contribution in [-0.2, 0) is 16.1 Å². The van der Waals surface area contributed by atoms with Crippen molar-refractivity contribution in [3.05, 3.63) is 42.5 Å². The first-order chi connectivity index (χ1) is 16.2. The van der Waals surface area contributed by atoms with Crippen molar-refractivity contribution in [1.82, 2.24) is 39.3 Å². The molecule has 1 N–H and O–H groups in total. The Morgan fingerprint density at radius 3 is 2.91 bits per heavy atom. The summed E-state index contributed by atoms with van der Waals surface area (Å²) in [5.41, 5.74) is 2.07. The minimum absolute atomic E-state index is 0.00896. The van der Waals surface area contributed by atoms with E-state index < -0.39 is 0 Å². The Morgan fingerprint density at radius 2 is 2.06 bits per heavy atom. The number of aromatic nitrogens is 8. The Morgan fingerprint density at radius 1 is 1.18 bits per heavy atom. The molecular weight excluding hydrogens is 446 g/mol. The van der Waals surface area contributed by atoms with Crippen LogP contribution >= 0.6 is 11.8 Å². The second-order valence-electron chi connectivity index (χ2n) is 7.54. The SMILES string of the molecule is COCc1nc(-c2ccc3nnc(Sc4ccc5nc(NC(=O)C6CC6)cn5n4)n3c2)no1. The molecule has 13 heteroatoms. The molecule has 0 aliphatic heterocycles. The zero-order chi connectivity index (χ0) is 22.4.